The van der Waals surface area contributed by atoms with Gasteiger partial charge in [0.25, 0.3) is 5.91 Å². The number of nitrogen functional groups attached to an aromatic ring is 1. The number of nitrogens with zero attached hydrogens (tertiary/aromatic N) is 1. The minimum absolute atomic E-state index is 0. The van der Waals surface area contributed by atoms with Crippen LogP contribution < -0.4 is 33.3 Å². The van der Waals surface area contributed by atoms with E-state index < -0.39 is 0 Å². The molecule has 0 radical (unpaired) electrons. The number of hydrogen-bond donors (Lipinski definition) is 4. The number of phenolic OH excluding ortho intramolecular Hbond substituents is 1. The van der Waals surface area contributed by atoms with Crippen LogP contribution in [0.4, 0.5) is 17.1 Å². The number of carbonyl (C=O) groups excluding carboxylic acids is 2. The van der Waals surface area contributed by atoms with Crippen LogP contribution in [0.5, 0.6) is 5.75 Å². The first-order valence-electron chi connectivity index (χ1n) is 6.59. The van der Waals surface area contributed by atoms with Crippen molar-refractivity contribution in [2.45, 2.75) is 13.5 Å². The second kappa shape index (κ2) is 8.00. The number of nitrogens with one attached hydrogen (secondary N) is 2. The fraction of sp³-hybridized carbons (Fsp3) is 0.133. The van der Waals surface area contributed by atoms with Crippen LogP contribution in [0.1, 0.15) is 6.92 Å². The van der Waals surface area contributed by atoms with Gasteiger partial charge in [0.15, 0.2) is 12.4 Å². The summed E-state index contributed by atoms with van der Waals surface area (Å²) < 4.78 is 1.69. The maximum Gasteiger partial charge on any atom is 0.290 e. The lowest BCUT2D eigenvalue weighted by atomic mass is 10.2. The van der Waals surface area contributed by atoms with Gasteiger partial charge in [-0.15, -0.1) is 0 Å². The summed E-state index contributed by atoms with van der Waals surface area (Å²) >= 11 is 0. The van der Waals surface area contributed by atoms with E-state index in [0.29, 0.717) is 5.69 Å². The number of amides is 2. The van der Waals surface area contributed by atoms with E-state index in [2.05, 4.69) is 10.6 Å². The minimum Gasteiger partial charge on any atom is -1.00 e. The van der Waals surface area contributed by atoms with Gasteiger partial charge in [0.1, 0.15) is 11.4 Å². The molecule has 0 atom stereocenters. The van der Waals surface area contributed by atoms with Crippen molar-refractivity contribution >= 4 is 28.9 Å². The van der Waals surface area contributed by atoms with Crippen LogP contribution in [-0.2, 0) is 16.1 Å². The van der Waals surface area contributed by atoms with Gasteiger partial charge in [0, 0.05) is 30.8 Å². The molecule has 1 aromatic heterocycles. The Kier molecular flexibility index (Phi) is 6.35. The number of pyridine rings is 1. The number of benzene rings is 1. The number of rotatable bonds is 4. The molecule has 122 valence electrons. The first-order chi connectivity index (χ1) is 10.5. The molecule has 0 spiro atoms. The van der Waals surface area contributed by atoms with E-state index in [1.807, 2.05) is 6.07 Å². The van der Waals surface area contributed by atoms with Crippen molar-refractivity contribution in [3.05, 3.63) is 42.7 Å². The van der Waals surface area contributed by atoms with Gasteiger partial charge in [-0.25, -0.2) is 0 Å². The summed E-state index contributed by atoms with van der Waals surface area (Å²) in [7, 11) is 0. The number of halogens is 1. The highest BCUT2D eigenvalue weighted by Gasteiger charge is 2.15. The van der Waals surface area contributed by atoms with E-state index in [-0.39, 0.29) is 47.9 Å². The lowest BCUT2D eigenvalue weighted by Gasteiger charge is -2.11. The Labute approximate surface area is 139 Å². The quantitative estimate of drug-likeness (QED) is 0.290. The zero-order chi connectivity index (χ0) is 16.1. The molecule has 0 saturated heterocycles. The number of nitrogens with two attached hydrogens (primary N) is 1. The lowest BCUT2D eigenvalue weighted by Crippen LogP contribution is -3.00. The van der Waals surface area contributed by atoms with Gasteiger partial charge in [-0.3, -0.25) is 9.59 Å². The summed E-state index contributed by atoms with van der Waals surface area (Å²) in [4.78, 5) is 23.0. The average Bonchev–Trinajstić information content (AvgIpc) is 2.43. The zero-order valence-corrected chi connectivity index (χ0v) is 13.2. The molecule has 5 N–H and O–H groups in total. The molecule has 0 bridgehead atoms. The Bertz CT molecular complexity index is 684. The van der Waals surface area contributed by atoms with Crippen LogP contribution >= 0.6 is 0 Å². The average molecular weight is 337 g/mol. The molecular formula is C15H17ClN4O3. The maximum absolute atomic E-state index is 12.0. The second-order valence-electron chi connectivity index (χ2n) is 4.74. The van der Waals surface area contributed by atoms with Crippen molar-refractivity contribution in [1.29, 1.82) is 0 Å². The Morgan fingerprint density at radius 3 is 2.39 bits per heavy atom. The normalized spacial score (nSPS) is 9.61. The molecule has 2 amide bonds. The molecule has 23 heavy (non-hydrogen) atoms. The smallest absolute Gasteiger partial charge is 0.290 e. The summed E-state index contributed by atoms with van der Waals surface area (Å²) in [6.45, 7) is 1.44. The molecule has 7 nitrogen and oxygen atoms in total. The summed E-state index contributed by atoms with van der Waals surface area (Å²) in [6, 6.07) is 8.25. The number of aromatic nitrogens is 1. The molecule has 0 aliphatic rings. The van der Waals surface area contributed by atoms with Gasteiger partial charge in [-0.2, -0.15) is 4.57 Å². The van der Waals surface area contributed by atoms with Crippen molar-refractivity contribution in [2.24, 2.45) is 0 Å². The molecule has 8 heteroatoms. The SMILES string of the molecule is CC(=O)Nc1cc(N)c(NC(=O)C[n+]2ccccc2)c(O)c1.[Cl-]. The largest absolute Gasteiger partial charge is 1.00 e. The molecule has 0 unspecified atom stereocenters. The third-order valence-electron chi connectivity index (χ3n) is 2.84. The standard InChI is InChI=1S/C15H16N4O3.ClH/c1-10(20)17-11-7-12(16)15(13(21)8-11)18-14(22)9-19-5-3-2-4-6-19;/h2-8H,9,16H2,1H3,(H2-,17,18,20,21,22);1H. The summed E-state index contributed by atoms with van der Waals surface area (Å²) in [5.74, 6) is -0.822. The zero-order valence-electron chi connectivity index (χ0n) is 12.4. The highest BCUT2D eigenvalue weighted by Crippen LogP contribution is 2.33. The van der Waals surface area contributed by atoms with Crippen molar-refractivity contribution in [1.82, 2.24) is 0 Å². The van der Waals surface area contributed by atoms with E-state index in [0.717, 1.165) is 0 Å². The molecule has 0 fully saturated rings. The predicted octanol–water partition coefficient (Wildman–Crippen LogP) is -2.14. The molecule has 1 aromatic carbocycles. The van der Waals surface area contributed by atoms with Gasteiger partial charge >= 0.3 is 0 Å². The number of anilines is 3. The third-order valence-corrected chi connectivity index (χ3v) is 2.84. The second-order valence-corrected chi connectivity index (χ2v) is 4.74. The molecule has 2 aromatic rings. The number of aromatic hydroxyl groups is 1. The van der Waals surface area contributed by atoms with Crippen LogP contribution in [-0.4, -0.2) is 16.9 Å². The topological polar surface area (TPSA) is 108 Å². The monoisotopic (exact) mass is 336 g/mol. The lowest BCUT2D eigenvalue weighted by molar-refractivity contribution is -0.684. The van der Waals surface area contributed by atoms with Gasteiger partial charge < -0.3 is 33.9 Å². The highest BCUT2D eigenvalue weighted by molar-refractivity contribution is 5.97. The van der Waals surface area contributed by atoms with Crippen LogP contribution in [0.25, 0.3) is 0 Å². The summed E-state index contributed by atoms with van der Waals surface area (Å²) in [5, 5.41) is 15.0. The Morgan fingerprint density at radius 1 is 1.17 bits per heavy atom. The highest BCUT2D eigenvalue weighted by atomic mass is 35.5. The minimum atomic E-state index is -0.328. The van der Waals surface area contributed by atoms with Crippen LogP contribution in [0.2, 0.25) is 0 Å². The first kappa shape index (κ1) is 18.2. The van der Waals surface area contributed by atoms with Gasteiger partial charge in [-0.1, -0.05) is 6.07 Å². The van der Waals surface area contributed by atoms with Gasteiger partial charge in [0.05, 0.1) is 5.69 Å². The van der Waals surface area contributed by atoms with Gasteiger partial charge in [-0.05, 0) is 6.07 Å². The Balaban J connectivity index is 0.00000264. The molecule has 0 aliphatic carbocycles. The molecular weight excluding hydrogens is 320 g/mol. The molecule has 1 heterocycles. The van der Waals surface area contributed by atoms with E-state index in [1.165, 1.54) is 19.1 Å². The van der Waals surface area contributed by atoms with E-state index >= 15 is 0 Å². The molecule has 2 rings (SSSR count). The number of phenols is 1. The maximum atomic E-state index is 12.0. The third kappa shape index (κ3) is 5.15. The van der Waals surface area contributed by atoms with Crippen molar-refractivity contribution in [3.63, 3.8) is 0 Å². The molecule has 0 saturated carbocycles. The van der Waals surface area contributed by atoms with Crippen molar-refractivity contribution < 1.29 is 31.7 Å². The van der Waals surface area contributed by atoms with E-state index in [1.54, 1.807) is 29.1 Å². The number of carbonyl (C=O) groups is 2. The van der Waals surface area contributed by atoms with Crippen LogP contribution in [0.3, 0.4) is 0 Å². The van der Waals surface area contributed by atoms with Crippen molar-refractivity contribution in [3.8, 4) is 5.75 Å². The van der Waals surface area contributed by atoms with Crippen molar-refractivity contribution in [2.75, 3.05) is 16.4 Å². The Morgan fingerprint density at radius 2 is 1.83 bits per heavy atom. The fourth-order valence-corrected chi connectivity index (χ4v) is 1.94. The fourth-order valence-electron chi connectivity index (χ4n) is 1.94. The van der Waals surface area contributed by atoms with Gasteiger partial charge in [0.2, 0.25) is 12.5 Å². The Hall–Kier alpha value is -2.80. The van der Waals surface area contributed by atoms with Crippen LogP contribution in [0.15, 0.2) is 42.7 Å². The summed E-state index contributed by atoms with van der Waals surface area (Å²) in [6.07, 6.45) is 3.51. The van der Waals surface area contributed by atoms with Crippen LogP contribution in [0, 0.1) is 0 Å². The van der Waals surface area contributed by atoms with E-state index in [9.17, 15) is 14.7 Å². The first-order valence-corrected chi connectivity index (χ1v) is 6.59. The predicted molar refractivity (Wildman–Crippen MR) is 82.1 cm³/mol. The number of hydrogen-bond acceptors (Lipinski definition) is 4. The summed E-state index contributed by atoms with van der Waals surface area (Å²) in [5.41, 5.74) is 6.45. The molecule has 0 aliphatic heterocycles. The van der Waals surface area contributed by atoms with E-state index in [4.69, 9.17) is 5.73 Å².